The van der Waals surface area contributed by atoms with Gasteiger partial charge in [0.05, 0.1) is 36.0 Å². The molecule has 0 radical (unpaired) electrons. The van der Waals surface area contributed by atoms with Gasteiger partial charge < -0.3 is 9.47 Å². The van der Waals surface area contributed by atoms with Gasteiger partial charge in [-0.1, -0.05) is 23.5 Å². The Balaban J connectivity index is 1.47. The van der Waals surface area contributed by atoms with E-state index in [-0.39, 0.29) is 11.8 Å². The van der Waals surface area contributed by atoms with Crippen LogP contribution in [0.25, 0.3) is 10.6 Å². The van der Waals surface area contributed by atoms with Crippen LogP contribution in [0.3, 0.4) is 0 Å². The zero-order valence-electron chi connectivity index (χ0n) is 18.0. The van der Waals surface area contributed by atoms with Gasteiger partial charge in [0.1, 0.15) is 11.5 Å². The fourth-order valence-electron chi connectivity index (χ4n) is 3.03. The predicted octanol–water partition coefficient (Wildman–Crippen LogP) is 5.10. The van der Waals surface area contributed by atoms with Crippen molar-refractivity contribution in [1.29, 1.82) is 0 Å². The summed E-state index contributed by atoms with van der Waals surface area (Å²) in [6, 6.07) is 13.8. The molecule has 2 aromatic heterocycles. The molecule has 0 spiro atoms. The molecule has 0 aliphatic heterocycles. The first-order valence-electron chi connectivity index (χ1n) is 9.81. The van der Waals surface area contributed by atoms with Crippen LogP contribution in [-0.4, -0.2) is 36.0 Å². The Hall–Kier alpha value is -3.76. The molecule has 0 bridgehead atoms. The number of ether oxygens (including phenoxy) is 2. The third-order valence-corrected chi connectivity index (χ3v) is 6.53. The predicted molar refractivity (Wildman–Crippen MR) is 130 cm³/mol. The average Bonchev–Trinajstić information content (AvgIpc) is 3.44. The van der Waals surface area contributed by atoms with E-state index < -0.39 is 0 Å². The molecule has 0 aliphatic rings. The molecule has 0 atom stereocenters. The van der Waals surface area contributed by atoms with Crippen molar-refractivity contribution in [1.82, 2.24) is 9.97 Å². The summed E-state index contributed by atoms with van der Waals surface area (Å²) in [5.74, 6) is 0.598. The Morgan fingerprint density at radius 2 is 1.61 bits per heavy atom. The third kappa shape index (κ3) is 5.02. The van der Waals surface area contributed by atoms with Gasteiger partial charge in [0.15, 0.2) is 10.3 Å². The molecule has 0 aliphatic carbocycles. The Morgan fingerprint density at radius 1 is 0.879 bits per heavy atom. The summed E-state index contributed by atoms with van der Waals surface area (Å²) in [7, 11) is 3.09. The Morgan fingerprint density at radius 3 is 2.33 bits per heavy atom. The molecule has 168 valence electrons. The fraction of sp³-hybridized carbons (Fsp3) is 0.130. The summed E-state index contributed by atoms with van der Waals surface area (Å²) in [4.78, 5) is 34.9. The number of thiazole rings is 2. The standard InChI is InChI=1S/C23H20N4O4S2/c1-13-19(33-23(24-13)26-20(28)14-8-10-15(30-2)11-9-14)17-12-32-22(25-17)27-21(29)16-6-4-5-7-18(16)31-3/h4-12H,1-3H3,(H,24,26,28)(H,25,27,29). The average molecular weight is 481 g/mol. The lowest BCUT2D eigenvalue weighted by Gasteiger charge is -2.06. The highest BCUT2D eigenvalue weighted by Gasteiger charge is 2.17. The van der Waals surface area contributed by atoms with Gasteiger partial charge in [0.2, 0.25) is 0 Å². The van der Waals surface area contributed by atoms with E-state index in [1.165, 1.54) is 29.8 Å². The van der Waals surface area contributed by atoms with Crippen molar-refractivity contribution in [3.63, 3.8) is 0 Å². The van der Waals surface area contributed by atoms with Crippen LogP contribution in [0.15, 0.2) is 53.9 Å². The minimum absolute atomic E-state index is 0.263. The molecular weight excluding hydrogens is 460 g/mol. The molecule has 8 nitrogen and oxygen atoms in total. The van der Waals surface area contributed by atoms with Crippen molar-refractivity contribution in [2.45, 2.75) is 6.92 Å². The van der Waals surface area contributed by atoms with Crippen LogP contribution in [0.1, 0.15) is 26.4 Å². The summed E-state index contributed by atoms with van der Waals surface area (Å²) >= 11 is 2.63. The first kappa shape index (κ1) is 22.4. The number of benzene rings is 2. The smallest absolute Gasteiger partial charge is 0.261 e. The molecule has 4 aromatic rings. The van der Waals surface area contributed by atoms with Gasteiger partial charge in [0, 0.05) is 10.9 Å². The fourth-order valence-corrected chi connectivity index (χ4v) is 4.72. The molecule has 0 saturated heterocycles. The normalized spacial score (nSPS) is 10.5. The molecule has 4 rings (SSSR count). The van der Waals surface area contributed by atoms with E-state index in [0.29, 0.717) is 38.6 Å². The molecule has 2 aromatic carbocycles. The number of hydrogen-bond donors (Lipinski definition) is 2. The van der Waals surface area contributed by atoms with Crippen LogP contribution in [-0.2, 0) is 0 Å². The summed E-state index contributed by atoms with van der Waals surface area (Å²) in [5.41, 5.74) is 2.34. The first-order valence-corrected chi connectivity index (χ1v) is 11.5. The highest BCUT2D eigenvalue weighted by Crippen LogP contribution is 2.35. The maximum Gasteiger partial charge on any atom is 0.261 e. The minimum atomic E-state index is -0.304. The summed E-state index contributed by atoms with van der Waals surface area (Å²) in [6.07, 6.45) is 0. The van der Waals surface area contributed by atoms with E-state index in [1.54, 1.807) is 55.6 Å². The quantitative estimate of drug-likeness (QED) is 0.382. The van der Waals surface area contributed by atoms with Gasteiger partial charge in [-0.2, -0.15) is 0 Å². The van der Waals surface area contributed by atoms with E-state index >= 15 is 0 Å². The van der Waals surface area contributed by atoms with E-state index in [9.17, 15) is 9.59 Å². The van der Waals surface area contributed by atoms with Gasteiger partial charge in [-0.05, 0) is 43.3 Å². The summed E-state index contributed by atoms with van der Waals surface area (Å²) in [6.45, 7) is 1.85. The number of para-hydroxylation sites is 1. The Kier molecular flexibility index (Phi) is 6.66. The molecular formula is C23H20N4O4S2. The van der Waals surface area contributed by atoms with Crippen molar-refractivity contribution in [2.24, 2.45) is 0 Å². The molecule has 0 unspecified atom stereocenters. The van der Waals surface area contributed by atoms with Crippen LogP contribution < -0.4 is 20.1 Å². The summed E-state index contributed by atoms with van der Waals surface area (Å²) < 4.78 is 10.4. The highest BCUT2D eigenvalue weighted by atomic mass is 32.1. The number of amides is 2. The van der Waals surface area contributed by atoms with Gasteiger partial charge in [0.25, 0.3) is 11.8 Å². The van der Waals surface area contributed by atoms with Gasteiger partial charge in [-0.15, -0.1) is 11.3 Å². The second-order valence-corrected chi connectivity index (χ2v) is 8.67. The van der Waals surface area contributed by atoms with Crippen LogP contribution in [0, 0.1) is 6.92 Å². The summed E-state index contributed by atoms with van der Waals surface area (Å²) in [5, 5.41) is 8.39. The molecule has 2 amide bonds. The van der Waals surface area contributed by atoms with E-state index in [2.05, 4.69) is 20.6 Å². The Labute approximate surface area is 198 Å². The second-order valence-electron chi connectivity index (χ2n) is 6.81. The van der Waals surface area contributed by atoms with Gasteiger partial charge >= 0.3 is 0 Å². The molecule has 33 heavy (non-hydrogen) atoms. The molecule has 2 N–H and O–H groups in total. The van der Waals surface area contributed by atoms with Crippen molar-refractivity contribution in [3.05, 3.63) is 70.7 Å². The number of rotatable bonds is 7. The number of nitrogens with zero attached hydrogens (tertiary/aromatic N) is 2. The van der Waals surface area contributed by atoms with Crippen LogP contribution in [0.5, 0.6) is 11.5 Å². The highest BCUT2D eigenvalue weighted by molar-refractivity contribution is 7.20. The van der Waals surface area contributed by atoms with Crippen molar-refractivity contribution >= 4 is 44.8 Å². The van der Waals surface area contributed by atoms with Crippen molar-refractivity contribution in [2.75, 3.05) is 24.9 Å². The number of anilines is 2. The zero-order chi connectivity index (χ0) is 23.4. The number of carbonyl (C=O) groups is 2. The topological polar surface area (TPSA) is 102 Å². The SMILES string of the molecule is COc1ccc(C(=O)Nc2nc(C)c(-c3csc(NC(=O)c4ccccc4OC)n3)s2)cc1. The number of nitrogens with one attached hydrogen (secondary N) is 2. The van der Waals surface area contributed by atoms with Gasteiger partial charge in [-0.3, -0.25) is 20.2 Å². The second kappa shape index (κ2) is 9.80. The van der Waals surface area contributed by atoms with Crippen LogP contribution >= 0.6 is 22.7 Å². The van der Waals surface area contributed by atoms with Gasteiger partial charge in [-0.25, -0.2) is 9.97 Å². The molecule has 2 heterocycles. The van der Waals surface area contributed by atoms with E-state index in [4.69, 9.17) is 9.47 Å². The van der Waals surface area contributed by atoms with E-state index in [0.717, 1.165) is 10.6 Å². The largest absolute Gasteiger partial charge is 0.497 e. The number of carbonyl (C=O) groups excluding carboxylic acids is 2. The van der Waals surface area contributed by atoms with Crippen molar-refractivity contribution < 1.29 is 19.1 Å². The lowest BCUT2D eigenvalue weighted by atomic mass is 10.2. The third-order valence-electron chi connectivity index (χ3n) is 4.68. The molecule has 0 fully saturated rings. The maximum absolute atomic E-state index is 12.6. The number of hydrogen-bond acceptors (Lipinski definition) is 8. The first-order chi connectivity index (χ1) is 16.0. The van der Waals surface area contributed by atoms with Crippen molar-refractivity contribution in [3.8, 4) is 22.1 Å². The number of aromatic nitrogens is 2. The lowest BCUT2D eigenvalue weighted by Crippen LogP contribution is -2.12. The molecule has 10 heteroatoms. The van der Waals surface area contributed by atoms with E-state index in [1.807, 2.05) is 12.3 Å². The van der Waals surface area contributed by atoms with Crippen LogP contribution in [0.4, 0.5) is 10.3 Å². The minimum Gasteiger partial charge on any atom is -0.497 e. The maximum atomic E-state index is 12.6. The number of aryl methyl sites for hydroxylation is 1. The van der Waals surface area contributed by atoms with Crippen LogP contribution in [0.2, 0.25) is 0 Å². The number of methoxy groups -OCH3 is 2. The monoisotopic (exact) mass is 480 g/mol. The Bertz CT molecular complexity index is 1300. The lowest BCUT2D eigenvalue weighted by molar-refractivity contribution is 0.101. The zero-order valence-corrected chi connectivity index (χ0v) is 19.7. The molecule has 0 saturated carbocycles.